The van der Waals surface area contributed by atoms with E-state index in [9.17, 15) is 26.3 Å². The monoisotopic (exact) mass is 260 g/mol. The van der Waals surface area contributed by atoms with Crippen molar-refractivity contribution >= 4 is 0 Å². The number of nitrogens with two attached hydrogens (primary N) is 1. The van der Waals surface area contributed by atoms with Crippen LogP contribution in [0.5, 0.6) is 5.88 Å². The second kappa shape index (κ2) is 4.78. The van der Waals surface area contributed by atoms with Crippen LogP contribution in [-0.4, -0.2) is 11.3 Å². The van der Waals surface area contributed by atoms with Crippen LogP contribution in [0.15, 0.2) is 6.20 Å². The minimum Gasteiger partial charge on any atom is -0.385 e. The van der Waals surface area contributed by atoms with Gasteiger partial charge in [0.15, 0.2) is 5.82 Å². The van der Waals surface area contributed by atoms with Crippen LogP contribution in [-0.2, 0) is 6.54 Å². The molecule has 9 heteroatoms. The number of halogens is 6. The molecule has 0 aliphatic carbocycles. The van der Waals surface area contributed by atoms with Gasteiger partial charge in [-0.05, 0) is 5.56 Å². The molecule has 0 aromatic carbocycles. The molecule has 0 saturated carbocycles. The first-order chi connectivity index (χ1) is 7.76. The minimum absolute atomic E-state index is 0.382. The maximum Gasteiger partial charge on any atom is 0.574 e. The summed E-state index contributed by atoms with van der Waals surface area (Å²) < 4.78 is 76.7. The van der Waals surface area contributed by atoms with Crippen LogP contribution in [0.25, 0.3) is 0 Å². The smallest absolute Gasteiger partial charge is 0.385 e. The third-order valence-corrected chi connectivity index (χ3v) is 1.76. The molecule has 0 amide bonds. The van der Waals surface area contributed by atoms with Gasteiger partial charge in [0, 0.05) is 12.7 Å². The molecule has 0 unspecified atom stereocenters. The number of alkyl halides is 5. The van der Waals surface area contributed by atoms with E-state index in [0.717, 1.165) is 0 Å². The van der Waals surface area contributed by atoms with Crippen molar-refractivity contribution in [3.8, 4) is 5.88 Å². The summed E-state index contributed by atoms with van der Waals surface area (Å²) in [5.41, 5.74) is 3.41. The van der Waals surface area contributed by atoms with Crippen molar-refractivity contribution < 1.29 is 31.1 Å². The zero-order valence-corrected chi connectivity index (χ0v) is 8.06. The Morgan fingerprint density at radius 1 is 1.35 bits per heavy atom. The van der Waals surface area contributed by atoms with Gasteiger partial charge in [-0.3, -0.25) is 0 Å². The lowest BCUT2D eigenvalue weighted by Crippen LogP contribution is -2.20. The molecule has 0 aliphatic heterocycles. The Kier molecular flexibility index (Phi) is 3.81. The second-order valence-electron chi connectivity index (χ2n) is 2.87. The molecule has 1 aromatic heterocycles. The first kappa shape index (κ1) is 13.6. The molecule has 0 aliphatic rings. The topological polar surface area (TPSA) is 48.1 Å². The Bertz CT molecular complexity index is 406. The third-order valence-electron chi connectivity index (χ3n) is 1.76. The largest absolute Gasteiger partial charge is 0.574 e. The summed E-state index contributed by atoms with van der Waals surface area (Å²) in [5.74, 6) is -3.41. The van der Waals surface area contributed by atoms with Gasteiger partial charge in [0.25, 0.3) is 12.3 Å². The fraction of sp³-hybridized carbons (Fsp3) is 0.375. The molecule has 0 atom stereocenters. The summed E-state index contributed by atoms with van der Waals surface area (Å²) >= 11 is 0. The Labute approximate surface area is 91.2 Å². The molecule has 3 nitrogen and oxygen atoms in total. The fourth-order valence-corrected chi connectivity index (χ4v) is 1.10. The summed E-state index contributed by atoms with van der Waals surface area (Å²) in [4.78, 5) is 2.95. The van der Waals surface area contributed by atoms with Gasteiger partial charge in [-0.2, -0.15) is 0 Å². The average Bonchev–Trinajstić information content (AvgIpc) is 2.18. The second-order valence-corrected chi connectivity index (χ2v) is 2.87. The highest BCUT2D eigenvalue weighted by Gasteiger charge is 2.35. The Hall–Kier alpha value is -1.51. The fourth-order valence-electron chi connectivity index (χ4n) is 1.10. The van der Waals surface area contributed by atoms with Crippen molar-refractivity contribution in [2.24, 2.45) is 5.73 Å². The average molecular weight is 260 g/mol. The maximum atomic E-state index is 13.3. The summed E-state index contributed by atoms with van der Waals surface area (Å²) in [5, 5.41) is 0. The third kappa shape index (κ3) is 3.22. The van der Waals surface area contributed by atoms with Gasteiger partial charge in [0.2, 0.25) is 0 Å². The number of aromatic nitrogens is 1. The van der Waals surface area contributed by atoms with Crippen molar-refractivity contribution in [2.45, 2.75) is 19.3 Å². The number of ether oxygens (including phenoxy) is 1. The van der Waals surface area contributed by atoms with Gasteiger partial charge in [-0.25, -0.2) is 18.2 Å². The van der Waals surface area contributed by atoms with Crippen LogP contribution in [0.1, 0.15) is 17.6 Å². The van der Waals surface area contributed by atoms with Crippen LogP contribution >= 0.6 is 0 Å². The lowest BCUT2D eigenvalue weighted by atomic mass is 10.1. The van der Waals surface area contributed by atoms with Crippen molar-refractivity contribution in [3.05, 3.63) is 23.1 Å². The van der Waals surface area contributed by atoms with Crippen molar-refractivity contribution in [3.63, 3.8) is 0 Å². The summed E-state index contributed by atoms with van der Waals surface area (Å²) in [6.07, 6.45) is -7.91. The van der Waals surface area contributed by atoms with E-state index in [1.54, 1.807) is 0 Å². The molecule has 96 valence electrons. The van der Waals surface area contributed by atoms with Gasteiger partial charge in [0.05, 0.1) is 5.56 Å². The first-order valence-corrected chi connectivity index (χ1v) is 4.17. The SMILES string of the molecule is NCc1cnc(OC(F)(F)F)c(F)c1C(F)F. The lowest BCUT2D eigenvalue weighted by molar-refractivity contribution is -0.277. The molecule has 1 heterocycles. The van der Waals surface area contributed by atoms with E-state index in [1.165, 1.54) is 0 Å². The minimum atomic E-state index is -5.21. The van der Waals surface area contributed by atoms with Crippen LogP contribution in [0.4, 0.5) is 26.3 Å². The molecule has 0 spiro atoms. The number of nitrogens with zero attached hydrogens (tertiary/aromatic N) is 1. The summed E-state index contributed by atoms with van der Waals surface area (Å²) in [7, 11) is 0. The van der Waals surface area contributed by atoms with E-state index in [2.05, 4.69) is 9.72 Å². The predicted octanol–water partition coefficient (Wildman–Crippen LogP) is 2.52. The molecule has 0 bridgehead atoms. The molecular formula is C8H6F6N2O. The van der Waals surface area contributed by atoms with E-state index in [-0.39, 0.29) is 5.56 Å². The number of hydrogen-bond acceptors (Lipinski definition) is 3. The summed E-state index contributed by atoms with van der Waals surface area (Å²) in [6, 6.07) is 0. The summed E-state index contributed by atoms with van der Waals surface area (Å²) in [6.45, 7) is -0.476. The molecular weight excluding hydrogens is 254 g/mol. The van der Waals surface area contributed by atoms with E-state index < -0.39 is 36.6 Å². The van der Waals surface area contributed by atoms with Crippen LogP contribution in [0, 0.1) is 5.82 Å². The molecule has 0 radical (unpaired) electrons. The van der Waals surface area contributed by atoms with Gasteiger partial charge in [-0.15, -0.1) is 13.2 Å². The normalized spacial score (nSPS) is 12.0. The van der Waals surface area contributed by atoms with Crippen molar-refractivity contribution in [1.82, 2.24) is 4.98 Å². The van der Waals surface area contributed by atoms with Crippen LogP contribution in [0.2, 0.25) is 0 Å². The Morgan fingerprint density at radius 2 is 1.94 bits per heavy atom. The Morgan fingerprint density at radius 3 is 2.35 bits per heavy atom. The van der Waals surface area contributed by atoms with Gasteiger partial charge < -0.3 is 10.5 Å². The highest BCUT2D eigenvalue weighted by atomic mass is 19.4. The molecule has 0 fully saturated rings. The molecule has 1 rings (SSSR count). The van der Waals surface area contributed by atoms with Crippen LogP contribution < -0.4 is 10.5 Å². The van der Waals surface area contributed by atoms with E-state index in [0.29, 0.717) is 6.20 Å². The molecule has 17 heavy (non-hydrogen) atoms. The lowest BCUT2D eigenvalue weighted by Gasteiger charge is -2.13. The van der Waals surface area contributed by atoms with Crippen molar-refractivity contribution in [2.75, 3.05) is 0 Å². The molecule has 2 N–H and O–H groups in total. The predicted molar refractivity (Wildman–Crippen MR) is 43.7 cm³/mol. The van der Waals surface area contributed by atoms with E-state index >= 15 is 0 Å². The standard InChI is InChI=1S/C8H6F6N2O/c9-5-4(6(10)11)3(1-15)2-16-7(5)17-8(12,13)14/h2,6H,1,15H2. The first-order valence-electron chi connectivity index (χ1n) is 4.17. The van der Waals surface area contributed by atoms with E-state index in [4.69, 9.17) is 5.73 Å². The number of pyridine rings is 1. The molecule has 1 aromatic rings. The molecule has 0 saturated heterocycles. The van der Waals surface area contributed by atoms with E-state index in [1.807, 2.05) is 0 Å². The maximum absolute atomic E-state index is 13.3. The quantitative estimate of drug-likeness (QED) is 0.849. The van der Waals surface area contributed by atoms with Gasteiger partial charge in [0.1, 0.15) is 0 Å². The number of rotatable bonds is 3. The zero-order valence-electron chi connectivity index (χ0n) is 8.06. The zero-order chi connectivity index (χ0) is 13.2. The number of hydrogen-bond donors (Lipinski definition) is 1. The van der Waals surface area contributed by atoms with Crippen molar-refractivity contribution in [1.29, 1.82) is 0 Å². The van der Waals surface area contributed by atoms with Gasteiger partial charge >= 0.3 is 6.36 Å². The Balaban J connectivity index is 3.23. The van der Waals surface area contributed by atoms with Crippen LogP contribution in [0.3, 0.4) is 0 Å². The highest BCUT2D eigenvalue weighted by Crippen LogP contribution is 2.32. The highest BCUT2D eigenvalue weighted by molar-refractivity contribution is 5.32. The van der Waals surface area contributed by atoms with Gasteiger partial charge in [-0.1, -0.05) is 0 Å².